The van der Waals surface area contributed by atoms with Gasteiger partial charge in [0.2, 0.25) is 15.8 Å². The lowest BCUT2D eigenvalue weighted by Gasteiger charge is -2.14. The lowest BCUT2D eigenvalue weighted by atomic mass is 10.1. The monoisotopic (exact) mass is 549 g/mol. The third kappa shape index (κ3) is 6.06. The van der Waals surface area contributed by atoms with Gasteiger partial charge in [-0.05, 0) is 59.8 Å². The van der Waals surface area contributed by atoms with Crippen LogP contribution < -0.4 is 19.5 Å². The minimum Gasteiger partial charge on any atom is -0.493 e. The number of nitrogens with zero attached hydrogens (tertiary/aromatic N) is 2. The molecular weight excluding hydrogens is 522 g/mol. The molecule has 2 aromatic rings. The number of amides is 3. The Morgan fingerprint density at radius 1 is 1.03 bits per heavy atom. The Bertz CT molecular complexity index is 1310. The number of methoxy groups -OCH3 is 3. The molecule has 0 atom stereocenters. The Kier molecular flexibility index (Phi) is 8.84. The fourth-order valence-corrected chi connectivity index (χ4v) is 5.17. The number of imide groups is 1. The first kappa shape index (κ1) is 28.0. The van der Waals surface area contributed by atoms with Crippen molar-refractivity contribution in [2.45, 2.75) is 4.90 Å². The van der Waals surface area contributed by atoms with Crippen LogP contribution in [0.15, 0.2) is 46.2 Å². The van der Waals surface area contributed by atoms with E-state index >= 15 is 0 Å². The molecule has 0 spiro atoms. The first-order chi connectivity index (χ1) is 17.5. The zero-order valence-corrected chi connectivity index (χ0v) is 22.6. The second-order valence-corrected chi connectivity index (χ2v) is 11.0. The summed E-state index contributed by atoms with van der Waals surface area (Å²) >= 11 is 0.787. The lowest BCUT2D eigenvalue weighted by Crippen LogP contribution is -2.37. The van der Waals surface area contributed by atoms with Crippen LogP contribution in [-0.2, 0) is 14.8 Å². The average Bonchev–Trinajstić information content (AvgIpc) is 3.15. The number of carbonyl (C=O) groups excluding carboxylic acids is 3. The number of benzene rings is 2. The molecule has 11 nitrogen and oxygen atoms in total. The van der Waals surface area contributed by atoms with Gasteiger partial charge in [0.05, 0.1) is 31.1 Å². The lowest BCUT2D eigenvalue weighted by molar-refractivity contribution is -0.122. The van der Waals surface area contributed by atoms with Crippen molar-refractivity contribution in [1.82, 2.24) is 14.5 Å². The topological polar surface area (TPSA) is 132 Å². The van der Waals surface area contributed by atoms with Gasteiger partial charge in [-0.25, -0.2) is 12.7 Å². The van der Waals surface area contributed by atoms with E-state index in [1.165, 1.54) is 59.7 Å². The maximum absolute atomic E-state index is 12.8. The summed E-state index contributed by atoms with van der Waals surface area (Å²) < 4.78 is 41.3. The van der Waals surface area contributed by atoms with Gasteiger partial charge in [0.15, 0.2) is 11.5 Å². The molecule has 1 aliphatic heterocycles. The van der Waals surface area contributed by atoms with Crippen molar-refractivity contribution in [3.8, 4) is 17.2 Å². The van der Waals surface area contributed by atoms with Gasteiger partial charge in [-0.3, -0.25) is 19.3 Å². The zero-order chi connectivity index (χ0) is 27.3. The van der Waals surface area contributed by atoms with Gasteiger partial charge < -0.3 is 19.5 Å². The van der Waals surface area contributed by atoms with Crippen molar-refractivity contribution in [1.29, 1.82) is 0 Å². The van der Waals surface area contributed by atoms with E-state index in [9.17, 15) is 22.8 Å². The highest BCUT2D eigenvalue weighted by atomic mass is 32.2. The van der Waals surface area contributed by atoms with E-state index in [0.29, 0.717) is 22.8 Å². The maximum Gasteiger partial charge on any atom is 0.293 e. The summed E-state index contributed by atoms with van der Waals surface area (Å²) in [6, 6.07) is 8.79. The van der Waals surface area contributed by atoms with Gasteiger partial charge in [0.1, 0.15) is 0 Å². The Morgan fingerprint density at radius 3 is 2.14 bits per heavy atom. The molecule has 1 N–H and O–H groups in total. The van der Waals surface area contributed by atoms with Crippen LogP contribution in [0.25, 0.3) is 6.08 Å². The second-order valence-electron chi connectivity index (χ2n) is 7.86. The zero-order valence-electron chi connectivity index (χ0n) is 20.9. The van der Waals surface area contributed by atoms with Gasteiger partial charge in [-0.2, -0.15) is 0 Å². The minimum atomic E-state index is -3.61. The summed E-state index contributed by atoms with van der Waals surface area (Å²) in [6.45, 7) is -0.0117. The molecule has 37 heavy (non-hydrogen) atoms. The van der Waals surface area contributed by atoms with Crippen molar-refractivity contribution in [2.24, 2.45) is 0 Å². The van der Waals surface area contributed by atoms with E-state index in [-0.39, 0.29) is 28.5 Å². The number of nitrogens with one attached hydrogen (secondary N) is 1. The Morgan fingerprint density at radius 2 is 1.62 bits per heavy atom. The summed E-state index contributed by atoms with van der Waals surface area (Å²) in [7, 11) is 3.66. The predicted molar refractivity (Wildman–Crippen MR) is 138 cm³/mol. The number of ether oxygens (including phenoxy) is 3. The summed E-state index contributed by atoms with van der Waals surface area (Å²) in [5.74, 6) is 0.259. The third-order valence-electron chi connectivity index (χ3n) is 5.37. The number of rotatable bonds is 10. The molecule has 13 heteroatoms. The highest BCUT2D eigenvalue weighted by Gasteiger charge is 2.35. The summed E-state index contributed by atoms with van der Waals surface area (Å²) in [4.78, 5) is 39.0. The maximum atomic E-state index is 12.8. The Balaban J connectivity index is 1.65. The molecule has 0 unspecified atom stereocenters. The first-order valence-electron chi connectivity index (χ1n) is 10.9. The fourth-order valence-electron chi connectivity index (χ4n) is 3.40. The Labute approximate surface area is 219 Å². The van der Waals surface area contributed by atoms with Crippen molar-refractivity contribution in [2.75, 3.05) is 48.5 Å². The molecule has 0 bridgehead atoms. The smallest absolute Gasteiger partial charge is 0.293 e. The van der Waals surface area contributed by atoms with Crippen LogP contribution >= 0.6 is 11.8 Å². The largest absolute Gasteiger partial charge is 0.493 e. The van der Waals surface area contributed by atoms with Crippen LogP contribution in [-0.4, -0.2) is 83.2 Å². The van der Waals surface area contributed by atoms with E-state index in [1.54, 1.807) is 18.2 Å². The molecule has 0 saturated carbocycles. The van der Waals surface area contributed by atoms with Crippen LogP contribution in [0.3, 0.4) is 0 Å². The van der Waals surface area contributed by atoms with Crippen LogP contribution in [0.2, 0.25) is 0 Å². The quantitative estimate of drug-likeness (QED) is 0.444. The van der Waals surface area contributed by atoms with Crippen LogP contribution in [0.1, 0.15) is 15.9 Å². The van der Waals surface area contributed by atoms with Gasteiger partial charge >= 0.3 is 0 Å². The van der Waals surface area contributed by atoms with Crippen LogP contribution in [0.5, 0.6) is 17.2 Å². The first-order valence-corrected chi connectivity index (χ1v) is 13.1. The van der Waals surface area contributed by atoms with E-state index in [1.807, 2.05) is 0 Å². The van der Waals surface area contributed by atoms with Crippen molar-refractivity contribution in [3.63, 3.8) is 0 Å². The van der Waals surface area contributed by atoms with Gasteiger partial charge in [0.25, 0.3) is 17.1 Å². The normalized spacial score (nSPS) is 14.9. The molecule has 0 aliphatic carbocycles. The van der Waals surface area contributed by atoms with E-state index < -0.39 is 27.1 Å². The fraction of sp³-hybridized carbons (Fsp3) is 0.292. The number of hydrogen-bond acceptors (Lipinski definition) is 9. The second kappa shape index (κ2) is 11.7. The molecular formula is C24H27N3O8S2. The number of sulfonamides is 1. The summed E-state index contributed by atoms with van der Waals surface area (Å²) in [5, 5.41) is 2.17. The predicted octanol–water partition coefficient (Wildman–Crippen LogP) is 2.43. The minimum absolute atomic E-state index is 0.0199. The molecule has 3 amide bonds. The number of carbonyl (C=O) groups is 3. The van der Waals surface area contributed by atoms with E-state index in [4.69, 9.17) is 14.2 Å². The number of thioether (sulfide) groups is 1. The van der Waals surface area contributed by atoms with Gasteiger partial charge in [-0.1, -0.05) is 0 Å². The SMILES string of the molecule is COc1cc(C=C2SC(=O)N(CCNC(=O)c3ccc(S(=O)(=O)N(C)C)cc3)C2=O)cc(OC)c1OC. The molecule has 1 saturated heterocycles. The molecule has 1 fully saturated rings. The van der Waals surface area contributed by atoms with Crippen LogP contribution in [0.4, 0.5) is 4.79 Å². The molecule has 2 aromatic carbocycles. The molecule has 0 radical (unpaired) electrons. The van der Waals surface area contributed by atoms with Crippen molar-refractivity contribution in [3.05, 3.63) is 52.4 Å². The number of hydrogen-bond donors (Lipinski definition) is 1. The van der Waals surface area contributed by atoms with E-state index in [2.05, 4.69) is 5.32 Å². The van der Waals surface area contributed by atoms with E-state index in [0.717, 1.165) is 21.0 Å². The highest BCUT2D eigenvalue weighted by molar-refractivity contribution is 8.18. The highest BCUT2D eigenvalue weighted by Crippen LogP contribution is 2.40. The molecule has 1 heterocycles. The molecule has 3 rings (SSSR count). The van der Waals surface area contributed by atoms with Crippen LogP contribution in [0, 0.1) is 0 Å². The standard InChI is InChI=1S/C24H27N3O8S2/c1-26(2)37(31,32)17-8-6-16(7-9-17)22(28)25-10-11-27-23(29)20(36-24(27)30)14-15-12-18(33-3)21(35-5)19(13-15)34-4/h6-9,12-14H,10-11H2,1-5H3,(H,25,28). The Hall–Kier alpha value is -3.55. The molecule has 1 aliphatic rings. The van der Waals surface area contributed by atoms with Crippen molar-refractivity contribution < 1.29 is 37.0 Å². The average molecular weight is 550 g/mol. The molecule has 0 aromatic heterocycles. The molecule has 198 valence electrons. The third-order valence-corrected chi connectivity index (χ3v) is 8.11. The summed E-state index contributed by atoms with van der Waals surface area (Å²) in [6.07, 6.45) is 1.55. The van der Waals surface area contributed by atoms with Gasteiger partial charge in [-0.15, -0.1) is 0 Å². The van der Waals surface area contributed by atoms with Crippen molar-refractivity contribution >= 4 is 44.9 Å². The van der Waals surface area contributed by atoms with Gasteiger partial charge in [0, 0.05) is 32.7 Å². The summed E-state index contributed by atoms with van der Waals surface area (Å²) in [5.41, 5.74) is 0.821.